The lowest BCUT2D eigenvalue weighted by atomic mass is 10.1. The molecule has 7 heteroatoms. The van der Waals surface area contributed by atoms with Crippen LogP contribution in [0.5, 0.6) is 0 Å². The van der Waals surface area contributed by atoms with E-state index in [1.807, 2.05) is 36.1 Å². The van der Waals surface area contributed by atoms with Gasteiger partial charge in [0.2, 0.25) is 0 Å². The summed E-state index contributed by atoms with van der Waals surface area (Å²) in [6, 6.07) is 8.10. The number of benzene rings is 1. The van der Waals surface area contributed by atoms with E-state index in [0.29, 0.717) is 42.8 Å². The summed E-state index contributed by atoms with van der Waals surface area (Å²) in [4.78, 5) is 20.2. The maximum Gasteiger partial charge on any atom is 0.317 e. The van der Waals surface area contributed by atoms with Crippen molar-refractivity contribution in [3.05, 3.63) is 57.8 Å². The fourth-order valence-corrected chi connectivity index (χ4v) is 3.44. The Hall–Kier alpha value is -1.98. The van der Waals surface area contributed by atoms with Crippen LogP contribution in [0, 0.1) is 6.92 Å². The molecule has 0 aliphatic carbocycles. The highest BCUT2D eigenvalue weighted by Crippen LogP contribution is 2.32. The number of halogens is 2. The number of anilines is 1. The Morgan fingerprint density at radius 3 is 2.28 bits per heavy atom. The molecule has 1 aromatic heterocycles. The normalized spacial score (nSPS) is 14.5. The third-order valence-electron chi connectivity index (χ3n) is 4.28. The smallest absolute Gasteiger partial charge is 0.317 e. The first kappa shape index (κ1) is 17.8. The van der Waals surface area contributed by atoms with Gasteiger partial charge in [0.05, 0.1) is 15.7 Å². The Morgan fingerprint density at radius 2 is 1.68 bits per heavy atom. The van der Waals surface area contributed by atoms with Crippen LogP contribution in [0.4, 0.5) is 10.5 Å². The lowest BCUT2D eigenvalue weighted by molar-refractivity contribution is 0.194. The number of nitrogens with zero attached hydrogens (tertiary/aromatic N) is 3. The highest BCUT2D eigenvalue weighted by Gasteiger charge is 2.23. The lowest BCUT2D eigenvalue weighted by Gasteiger charge is -2.36. The minimum absolute atomic E-state index is 0.0489. The molecule has 1 N–H and O–H groups in total. The van der Waals surface area contributed by atoms with Gasteiger partial charge in [0.1, 0.15) is 0 Å². The van der Waals surface area contributed by atoms with Gasteiger partial charge in [-0.1, -0.05) is 53.0 Å². The quantitative estimate of drug-likeness (QED) is 0.884. The third kappa shape index (κ3) is 4.35. The third-order valence-corrected chi connectivity index (χ3v) is 4.83. The minimum atomic E-state index is -0.0489. The zero-order chi connectivity index (χ0) is 17.8. The van der Waals surface area contributed by atoms with E-state index in [9.17, 15) is 4.79 Å². The largest absolute Gasteiger partial charge is 0.365 e. The molecule has 0 saturated carbocycles. The van der Waals surface area contributed by atoms with Crippen molar-refractivity contribution in [2.75, 3.05) is 31.1 Å². The van der Waals surface area contributed by atoms with Crippen LogP contribution in [0.15, 0.2) is 36.7 Å². The van der Waals surface area contributed by atoms with Gasteiger partial charge in [0.25, 0.3) is 0 Å². The first-order valence-electron chi connectivity index (χ1n) is 8.17. The number of urea groups is 1. The molecule has 132 valence electrons. The van der Waals surface area contributed by atoms with Crippen LogP contribution < -0.4 is 10.2 Å². The first-order valence-corrected chi connectivity index (χ1v) is 8.92. The molecule has 1 aliphatic rings. The van der Waals surface area contributed by atoms with Crippen molar-refractivity contribution < 1.29 is 4.79 Å². The molecule has 0 unspecified atom stereocenters. The van der Waals surface area contributed by atoms with E-state index in [1.54, 1.807) is 12.4 Å². The fourth-order valence-electron chi connectivity index (χ4n) is 2.84. The topological polar surface area (TPSA) is 48.5 Å². The van der Waals surface area contributed by atoms with E-state index in [-0.39, 0.29) is 6.03 Å². The van der Waals surface area contributed by atoms with Crippen molar-refractivity contribution in [2.24, 2.45) is 0 Å². The zero-order valence-electron chi connectivity index (χ0n) is 14.0. The summed E-state index contributed by atoms with van der Waals surface area (Å²) in [6.07, 6.45) is 3.17. The van der Waals surface area contributed by atoms with Crippen molar-refractivity contribution in [3.63, 3.8) is 0 Å². The predicted molar refractivity (Wildman–Crippen MR) is 101 cm³/mol. The number of amides is 2. The Labute approximate surface area is 157 Å². The number of piperazine rings is 1. The SMILES string of the molecule is Cc1ccc(CNC(=O)N2CCN(c3c(Cl)cncc3Cl)CC2)cc1. The number of rotatable bonds is 3. The van der Waals surface area contributed by atoms with E-state index in [0.717, 1.165) is 11.3 Å². The van der Waals surface area contributed by atoms with Gasteiger partial charge >= 0.3 is 6.03 Å². The van der Waals surface area contributed by atoms with Crippen LogP contribution in [0.3, 0.4) is 0 Å². The summed E-state index contributed by atoms with van der Waals surface area (Å²) in [5.41, 5.74) is 3.09. The molecule has 1 fully saturated rings. The number of pyridine rings is 1. The number of aryl methyl sites for hydroxylation is 1. The fraction of sp³-hybridized carbons (Fsp3) is 0.333. The van der Waals surface area contributed by atoms with Crippen LogP contribution >= 0.6 is 23.2 Å². The minimum Gasteiger partial charge on any atom is -0.365 e. The summed E-state index contributed by atoms with van der Waals surface area (Å²) in [7, 11) is 0. The van der Waals surface area contributed by atoms with Crippen molar-refractivity contribution in [1.29, 1.82) is 0 Å². The monoisotopic (exact) mass is 378 g/mol. The van der Waals surface area contributed by atoms with Crippen LogP contribution in [-0.2, 0) is 6.54 Å². The van der Waals surface area contributed by atoms with Crippen LogP contribution in [0.25, 0.3) is 0 Å². The summed E-state index contributed by atoms with van der Waals surface area (Å²) in [6.45, 7) is 5.18. The van der Waals surface area contributed by atoms with Crippen molar-refractivity contribution in [1.82, 2.24) is 15.2 Å². The van der Waals surface area contributed by atoms with Gasteiger partial charge in [-0.3, -0.25) is 4.98 Å². The average molecular weight is 379 g/mol. The van der Waals surface area contributed by atoms with Crippen molar-refractivity contribution >= 4 is 34.9 Å². The highest BCUT2D eigenvalue weighted by molar-refractivity contribution is 6.38. The van der Waals surface area contributed by atoms with E-state index in [1.165, 1.54) is 5.56 Å². The molecule has 2 amide bonds. The molecule has 2 heterocycles. The second-order valence-corrected chi connectivity index (χ2v) is 6.88. The number of nitrogens with one attached hydrogen (secondary N) is 1. The molecule has 3 rings (SSSR count). The van der Waals surface area contributed by atoms with E-state index >= 15 is 0 Å². The molecule has 1 aromatic carbocycles. The van der Waals surface area contributed by atoms with E-state index in [2.05, 4.69) is 15.2 Å². The maximum atomic E-state index is 12.3. The van der Waals surface area contributed by atoms with Crippen LogP contribution in [0.2, 0.25) is 10.0 Å². The molecular formula is C18H20Cl2N4O. The standard InChI is InChI=1S/C18H20Cl2N4O/c1-13-2-4-14(5-3-13)10-22-18(25)24-8-6-23(7-9-24)17-15(19)11-21-12-16(17)20/h2-5,11-12H,6-10H2,1H3,(H,22,25). The van der Waals surface area contributed by atoms with E-state index in [4.69, 9.17) is 23.2 Å². The average Bonchev–Trinajstić information content (AvgIpc) is 2.61. The number of carbonyl (C=O) groups is 1. The van der Waals surface area contributed by atoms with Gasteiger partial charge < -0.3 is 15.1 Å². The molecule has 0 atom stereocenters. The first-order chi connectivity index (χ1) is 12.0. The summed E-state index contributed by atoms with van der Waals surface area (Å²) in [5.74, 6) is 0. The number of carbonyl (C=O) groups excluding carboxylic acids is 1. The van der Waals surface area contributed by atoms with Crippen LogP contribution in [0.1, 0.15) is 11.1 Å². The molecule has 0 spiro atoms. The van der Waals surface area contributed by atoms with Crippen LogP contribution in [-0.4, -0.2) is 42.1 Å². The molecule has 1 aliphatic heterocycles. The van der Waals surface area contributed by atoms with Crippen molar-refractivity contribution in [3.8, 4) is 0 Å². The molecule has 25 heavy (non-hydrogen) atoms. The van der Waals surface area contributed by atoms with Gasteiger partial charge in [0.15, 0.2) is 0 Å². The lowest BCUT2D eigenvalue weighted by Crippen LogP contribution is -2.51. The van der Waals surface area contributed by atoms with Gasteiger partial charge in [-0.25, -0.2) is 4.79 Å². The van der Waals surface area contributed by atoms with Gasteiger partial charge in [0, 0.05) is 45.1 Å². The Morgan fingerprint density at radius 1 is 1.08 bits per heavy atom. The predicted octanol–water partition coefficient (Wildman–Crippen LogP) is 3.73. The zero-order valence-corrected chi connectivity index (χ0v) is 15.5. The molecule has 0 bridgehead atoms. The Balaban J connectivity index is 1.53. The summed E-state index contributed by atoms with van der Waals surface area (Å²) in [5, 5.41) is 4.04. The number of hydrogen-bond donors (Lipinski definition) is 1. The second kappa shape index (κ2) is 7.93. The van der Waals surface area contributed by atoms with Gasteiger partial charge in [-0.05, 0) is 12.5 Å². The molecule has 2 aromatic rings. The highest BCUT2D eigenvalue weighted by atomic mass is 35.5. The molecular weight excluding hydrogens is 359 g/mol. The molecule has 5 nitrogen and oxygen atoms in total. The Bertz CT molecular complexity index is 723. The van der Waals surface area contributed by atoms with E-state index < -0.39 is 0 Å². The van der Waals surface area contributed by atoms with Gasteiger partial charge in [-0.2, -0.15) is 0 Å². The maximum absolute atomic E-state index is 12.3. The summed E-state index contributed by atoms with van der Waals surface area (Å²) < 4.78 is 0. The molecule has 0 radical (unpaired) electrons. The van der Waals surface area contributed by atoms with Crippen molar-refractivity contribution in [2.45, 2.75) is 13.5 Å². The number of aromatic nitrogens is 1. The summed E-state index contributed by atoms with van der Waals surface area (Å²) >= 11 is 12.4. The Kier molecular flexibility index (Phi) is 5.66. The molecule has 1 saturated heterocycles. The second-order valence-electron chi connectivity index (χ2n) is 6.07. The van der Waals surface area contributed by atoms with Gasteiger partial charge in [-0.15, -0.1) is 0 Å². The number of hydrogen-bond acceptors (Lipinski definition) is 3.